The number of nitrogens with zero attached hydrogens (tertiary/aromatic N) is 2. The van der Waals surface area contributed by atoms with E-state index in [-0.39, 0.29) is 5.41 Å². The molecule has 3 nitrogen and oxygen atoms in total. The molecule has 4 rings (SSSR count). The summed E-state index contributed by atoms with van der Waals surface area (Å²) in [4.78, 5) is 0. The number of methoxy groups -OCH3 is 1. The molecule has 1 heterocycles. The first-order chi connectivity index (χ1) is 14.6. The molecule has 4 heteroatoms. The lowest BCUT2D eigenvalue weighted by molar-refractivity contribution is 0.398. The fraction of sp³-hybridized carbons (Fsp3) is 0.296. The third-order valence-corrected chi connectivity index (χ3v) is 6.37. The van der Waals surface area contributed by atoms with Gasteiger partial charge in [0.25, 0.3) is 0 Å². The third-order valence-electron chi connectivity index (χ3n) is 5.96. The minimum absolute atomic E-state index is 0.00539. The van der Waals surface area contributed by atoms with Gasteiger partial charge in [-0.15, -0.1) is 0 Å². The van der Waals surface area contributed by atoms with Crippen molar-refractivity contribution in [1.82, 2.24) is 4.68 Å². The lowest BCUT2D eigenvalue weighted by Gasteiger charge is -2.23. The van der Waals surface area contributed by atoms with Gasteiger partial charge < -0.3 is 9.75 Å². The van der Waals surface area contributed by atoms with Gasteiger partial charge in [0.1, 0.15) is 10.4 Å². The van der Waals surface area contributed by atoms with Crippen molar-refractivity contribution in [2.75, 3.05) is 26.2 Å². The SMILES string of the molecule is COc1cc2c(-c3cc4c(=S)n(N(C)C)ccc4cc3C)cccc2cc1C(C)(C)C. The summed E-state index contributed by atoms with van der Waals surface area (Å²) in [6.07, 6.45) is 2.03. The average molecular weight is 431 g/mol. The normalized spacial score (nSPS) is 11.8. The first-order valence-corrected chi connectivity index (χ1v) is 11.0. The van der Waals surface area contributed by atoms with Crippen molar-refractivity contribution >= 4 is 33.8 Å². The van der Waals surface area contributed by atoms with Crippen LogP contribution < -0.4 is 9.75 Å². The van der Waals surface area contributed by atoms with Crippen LogP contribution in [-0.4, -0.2) is 25.9 Å². The van der Waals surface area contributed by atoms with Gasteiger partial charge in [-0.25, -0.2) is 0 Å². The molecule has 0 atom stereocenters. The van der Waals surface area contributed by atoms with E-state index in [4.69, 9.17) is 17.0 Å². The van der Waals surface area contributed by atoms with Crippen molar-refractivity contribution in [2.45, 2.75) is 33.1 Å². The molecule has 0 saturated heterocycles. The largest absolute Gasteiger partial charge is 0.496 e. The van der Waals surface area contributed by atoms with Gasteiger partial charge >= 0.3 is 0 Å². The molecule has 1 aromatic heterocycles. The highest BCUT2D eigenvalue weighted by molar-refractivity contribution is 7.71. The summed E-state index contributed by atoms with van der Waals surface area (Å²) >= 11 is 5.82. The number of benzene rings is 3. The zero-order chi connectivity index (χ0) is 22.5. The minimum Gasteiger partial charge on any atom is -0.496 e. The van der Waals surface area contributed by atoms with Crippen molar-refractivity contribution in [3.63, 3.8) is 0 Å². The highest BCUT2D eigenvalue weighted by atomic mass is 32.1. The fourth-order valence-electron chi connectivity index (χ4n) is 4.30. The maximum Gasteiger partial charge on any atom is 0.133 e. The molecule has 0 aliphatic carbocycles. The Balaban J connectivity index is 2.03. The molecule has 0 amide bonds. The maximum atomic E-state index is 5.82. The Morgan fingerprint density at radius 1 is 0.903 bits per heavy atom. The van der Waals surface area contributed by atoms with Crippen molar-refractivity contribution in [3.05, 3.63) is 70.5 Å². The van der Waals surface area contributed by atoms with E-state index in [0.717, 1.165) is 21.2 Å². The average Bonchev–Trinajstić information content (AvgIpc) is 2.71. The minimum atomic E-state index is 0.00539. The number of aromatic nitrogens is 1. The molecule has 31 heavy (non-hydrogen) atoms. The number of ether oxygens (including phenoxy) is 1. The van der Waals surface area contributed by atoms with Crippen LogP contribution in [0.1, 0.15) is 31.9 Å². The zero-order valence-electron chi connectivity index (χ0n) is 19.4. The first-order valence-electron chi connectivity index (χ1n) is 10.6. The molecule has 0 saturated carbocycles. The predicted octanol–water partition coefficient (Wildman–Crippen LogP) is 7.00. The molecule has 0 fully saturated rings. The van der Waals surface area contributed by atoms with E-state index >= 15 is 0 Å². The van der Waals surface area contributed by atoms with Gasteiger partial charge in [-0.05, 0) is 69.5 Å². The van der Waals surface area contributed by atoms with Crippen molar-refractivity contribution < 1.29 is 4.74 Å². The molecule has 0 bridgehead atoms. The number of aryl methyl sites for hydroxylation is 1. The highest BCUT2D eigenvalue weighted by Gasteiger charge is 2.20. The predicted molar refractivity (Wildman–Crippen MR) is 136 cm³/mol. The molecule has 0 radical (unpaired) electrons. The molecule has 0 spiro atoms. The van der Waals surface area contributed by atoms with Crippen LogP contribution in [0.2, 0.25) is 0 Å². The Hall–Kier alpha value is -2.85. The Kier molecular flexibility index (Phi) is 5.30. The van der Waals surface area contributed by atoms with Crippen LogP contribution in [0.5, 0.6) is 5.75 Å². The summed E-state index contributed by atoms with van der Waals surface area (Å²) in [5.74, 6) is 0.931. The smallest absolute Gasteiger partial charge is 0.133 e. The Morgan fingerprint density at radius 3 is 2.26 bits per heavy atom. The third kappa shape index (κ3) is 3.70. The molecule has 3 aromatic carbocycles. The van der Waals surface area contributed by atoms with Crippen molar-refractivity contribution in [3.8, 4) is 16.9 Å². The topological polar surface area (TPSA) is 17.4 Å². The summed E-state index contributed by atoms with van der Waals surface area (Å²) in [6, 6.07) is 17.6. The van der Waals surface area contributed by atoms with Crippen LogP contribution in [0.4, 0.5) is 0 Å². The second-order valence-corrected chi connectivity index (χ2v) is 9.78. The number of rotatable bonds is 3. The monoisotopic (exact) mass is 430 g/mol. The van der Waals surface area contributed by atoms with Gasteiger partial charge in [-0.2, -0.15) is 0 Å². The lowest BCUT2D eigenvalue weighted by atomic mass is 9.84. The molecule has 0 N–H and O–H groups in total. The number of pyridine rings is 1. The molecule has 160 valence electrons. The Labute approximate surface area is 189 Å². The van der Waals surface area contributed by atoms with E-state index in [2.05, 4.69) is 76.2 Å². The van der Waals surface area contributed by atoms with Gasteiger partial charge in [0, 0.05) is 31.2 Å². The van der Waals surface area contributed by atoms with Gasteiger partial charge in [0.15, 0.2) is 0 Å². The molecule has 0 unspecified atom stereocenters. The quantitative estimate of drug-likeness (QED) is 0.326. The summed E-state index contributed by atoms with van der Waals surface area (Å²) in [7, 11) is 5.75. The van der Waals surface area contributed by atoms with E-state index < -0.39 is 0 Å². The van der Waals surface area contributed by atoms with Crippen LogP contribution in [0.15, 0.2) is 54.7 Å². The molecular formula is C27H30N2OS. The fourth-order valence-corrected chi connectivity index (χ4v) is 4.70. The van der Waals surface area contributed by atoms with Crippen LogP contribution in [0.3, 0.4) is 0 Å². The number of fused-ring (bicyclic) bond motifs is 2. The number of hydrogen-bond acceptors (Lipinski definition) is 3. The van der Waals surface area contributed by atoms with Crippen LogP contribution in [0.25, 0.3) is 32.7 Å². The summed E-state index contributed by atoms with van der Waals surface area (Å²) in [5, 5.41) is 6.66. The van der Waals surface area contributed by atoms with Gasteiger partial charge in [-0.3, -0.25) is 4.68 Å². The highest BCUT2D eigenvalue weighted by Crippen LogP contribution is 2.39. The van der Waals surface area contributed by atoms with Gasteiger partial charge in [-0.1, -0.05) is 57.3 Å². The summed E-state index contributed by atoms with van der Waals surface area (Å²) in [5.41, 5.74) is 4.85. The van der Waals surface area contributed by atoms with Crippen molar-refractivity contribution in [1.29, 1.82) is 0 Å². The van der Waals surface area contributed by atoms with Crippen molar-refractivity contribution in [2.24, 2.45) is 0 Å². The first kappa shape index (κ1) is 21.4. The zero-order valence-corrected chi connectivity index (χ0v) is 20.2. The van der Waals surface area contributed by atoms with Gasteiger partial charge in [0.05, 0.1) is 7.11 Å². The standard InChI is InChI=1S/C27H30N2OS/c1-17-13-19-11-12-29(28(5)6)26(31)23(19)15-21(17)20-10-8-9-18-14-24(27(2,3)4)25(30-7)16-22(18)20/h8-16H,1-7H3. The summed E-state index contributed by atoms with van der Waals surface area (Å²) < 4.78 is 8.62. The second-order valence-electron chi connectivity index (χ2n) is 9.40. The van der Waals surface area contributed by atoms with E-state index in [0.29, 0.717) is 0 Å². The number of hydrogen-bond donors (Lipinski definition) is 0. The second kappa shape index (κ2) is 7.69. The Morgan fingerprint density at radius 2 is 1.61 bits per heavy atom. The molecule has 0 aliphatic heterocycles. The lowest BCUT2D eigenvalue weighted by Crippen LogP contribution is -2.25. The van der Waals surface area contributed by atoms with Crippen LogP contribution in [0, 0.1) is 11.6 Å². The van der Waals surface area contributed by atoms with E-state index in [9.17, 15) is 0 Å². The van der Waals surface area contributed by atoms with Crippen LogP contribution >= 0.6 is 12.2 Å². The van der Waals surface area contributed by atoms with E-state index in [1.165, 1.54) is 33.0 Å². The van der Waals surface area contributed by atoms with E-state index in [1.807, 2.05) is 30.0 Å². The summed E-state index contributed by atoms with van der Waals surface area (Å²) in [6.45, 7) is 8.84. The molecule has 0 aliphatic rings. The van der Waals surface area contributed by atoms with E-state index in [1.54, 1.807) is 7.11 Å². The van der Waals surface area contributed by atoms with Crippen LogP contribution in [-0.2, 0) is 5.41 Å². The Bertz CT molecular complexity index is 1360. The maximum absolute atomic E-state index is 5.82. The molecular weight excluding hydrogens is 400 g/mol. The molecule has 4 aromatic rings. The van der Waals surface area contributed by atoms with Gasteiger partial charge in [0.2, 0.25) is 0 Å².